The van der Waals surface area contributed by atoms with Gasteiger partial charge in [-0.2, -0.15) is 0 Å². The highest BCUT2D eigenvalue weighted by Crippen LogP contribution is 2.34. The van der Waals surface area contributed by atoms with E-state index < -0.39 is 0 Å². The van der Waals surface area contributed by atoms with Gasteiger partial charge < -0.3 is 0 Å². The van der Waals surface area contributed by atoms with Gasteiger partial charge in [0.25, 0.3) is 0 Å². The molecule has 1 aromatic carbocycles. The van der Waals surface area contributed by atoms with Crippen LogP contribution in [0.4, 0.5) is 0 Å². The molecule has 1 rings (SSSR count). The summed E-state index contributed by atoms with van der Waals surface area (Å²) in [6.45, 7) is 2.10. The Morgan fingerprint density at radius 1 is 1.18 bits per heavy atom. The summed E-state index contributed by atoms with van der Waals surface area (Å²) in [5.41, 5.74) is 1.26. The highest BCUT2D eigenvalue weighted by molar-refractivity contribution is 9.11. The lowest BCUT2D eigenvalue weighted by molar-refractivity contribution is 1.10. The second kappa shape index (κ2) is 4.06. The Labute approximate surface area is 91.8 Å². The molecule has 0 bridgehead atoms. The monoisotopic (exact) mass is 340 g/mol. The number of halogens is 3. The normalized spacial score (nSPS) is 13.1. The van der Waals surface area contributed by atoms with Gasteiger partial charge in [0.1, 0.15) is 0 Å². The minimum Gasteiger partial charge on any atom is -0.0841 e. The lowest BCUT2D eigenvalue weighted by Gasteiger charge is -2.08. The van der Waals surface area contributed by atoms with Gasteiger partial charge >= 0.3 is 0 Å². The maximum atomic E-state index is 3.52. The molecule has 0 amide bonds. The second-order valence-electron chi connectivity index (χ2n) is 2.25. The van der Waals surface area contributed by atoms with E-state index in [-0.39, 0.29) is 0 Å². The Morgan fingerprint density at radius 3 is 1.91 bits per heavy atom. The topological polar surface area (TPSA) is 0 Å². The number of alkyl halides is 1. The van der Waals surface area contributed by atoms with Crippen molar-refractivity contribution >= 4 is 47.8 Å². The number of hydrogen-bond donors (Lipinski definition) is 0. The van der Waals surface area contributed by atoms with Crippen molar-refractivity contribution < 1.29 is 0 Å². The Hall–Kier alpha value is 0.660. The van der Waals surface area contributed by atoms with Gasteiger partial charge in [-0.25, -0.2) is 0 Å². The predicted molar refractivity (Wildman–Crippen MR) is 59.2 cm³/mol. The largest absolute Gasteiger partial charge is 0.0841 e. The summed E-state index contributed by atoms with van der Waals surface area (Å²) in [6.07, 6.45) is 0. The van der Waals surface area contributed by atoms with E-state index in [1.165, 1.54) is 5.56 Å². The summed E-state index contributed by atoms with van der Waals surface area (Å²) in [4.78, 5) is 0.368. The van der Waals surface area contributed by atoms with E-state index in [2.05, 4.69) is 54.7 Å². The van der Waals surface area contributed by atoms with Crippen LogP contribution in [0.25, 0.3) is 0 Å². The first-order valence-corrected chi connectivity index (χ1v) is 5.71. The van der Waals surface area contributed by atoms with E-state index in [0.717, 1.165) is 8.95 Å². The van der Waals surface area contributed by atoms with Crippen molar-refractivity contribution in [2.75, 3.05) is 0 Å². The summed E-state index contributed by atoms with van der Waals surface area (Å²) in [7, 11) is 0. The summed E-state index contributed by atoms with van der Waals surface area (Å²) in [5, 5.41) is 0. The SMILES string of the molecule is CC(Br)c1c(Br)cccc1Br. The first kappa shape index (κ1) is 9.75. The van der Waals surface area contributed by atoms with Crippen molar-refractivity contribution in [1.82, 2.24) is 0 Å². The molecule has 0 aliphatic rings. The fourth-order valence-corrected chi connectivity index (χ4v) is 3.68. The van der Waals surface area contributed by atoms with Crippen molar-refractivity contribution in [2.45, 2.75) is 11.8 Å². The molecule has 0 saturated heterocycles. The fourth-order valence-electron chi connectivity index (χ4n) is 0.891. The molecule has 0 radical (unpaired) electrons. The molecule has 60 valence electrons. The van der Waals surface area contributed by atoms with Gasteiger partial charge in [0.05, 0.1) is 0 Å². The van der Waals surface area contributed by atoms with Crippen LogP contribution in [0.5, 0.6) is 0 Å². The molecule has 1 unspecified atom stereocenters. The van der Waals surface area contributed by atoms with E-state index in [9.17, 15) is 0 Å². The van der Waals surface area contributed by atoms with Crippen molar-refractivity contribution in [3.05, 3.63) is 32.7 Å². The van der Waals surface area contributed by atoms with E-state index in [1.807, 2.05) is 18.2 Å². The van der Waals surface area contributed by atoms with Crippen LogP contribution < -0.4 is 0 Å². The first-order valence-electron chi connectivity index (χ1n) is 3.21. The summed E-state index contributed by atoms with van der Waals surface area (Å²) in [6, 6.07) is 6.09. The van der Waals surface area contributed by atoms with E-state index in [0.29, 0.717) is 4.83 Å². The van der Waals surface area contributed by atoms with Crippen molar-refractivity contribution in [1.29, 1.82) is 0 Å². The quantitative estimate of drug-likeness (QED) is 0.651. The molecule has 0 nitrogen and oxygen atoms in total. The van der Waals surface area contributed by atoms with Crippen LogP contribution in [0.2, 0.25) is 0 Å². The fraction of sp³-hybridized carbons (Fsp3) is 0.250. The Balaban J connectivity index is 3.21. The molecule has 0 aromatic heterocycles. The Kier molecular flexibility index (Phi) is 3.59. The van der Waals surface area contributed by atoms with Crippen LogP contribution in [0.1, 0.15) is 17.3 Å². The average Bonchev–Trinajstić information content (AvgIpc) is 1.85. The lowest BCUT2D eigenvalue weighted by Crippen LogP contribution is -1.86. The molecule has 1 aromatic rings. The summed E-state index contributed by atoms with van der Waals surface area (Å²) < 4.78 is 2.27. The average molecular weight is 343 g/mol. The Morgan fingerprint density at radius 2 is 1.64 bits per heavy atom. The number of rotatable bonds is 1. The molecule has 0 spiro atoms. The van der Waals surface area contributed by atoms with Gasteiger partial charge in [-0.3, -0.25) is 0 Å². The second-order valence-corrected chi connectivity index (χ2v) is 5.33. The zero-order valence-corrected chi connectivity index (χ0v) is 10.7. The number of hydrogen-bond acceptors (Lipinski definition) is 0. The lowest BCUT2D eigenvalue weighted by atomic mass is 10.2. The van der Waals surface area contributed by atoms with Crippen molar-refractivity contribution in [3.63, 3.8) is 0 Å². The van der Waals surface area contributed by atoms with Crippen molar-refractivity contribution in [3.8, 4) is 0 Å². The number of benzene rings is 1. The van der Waals surface area contributed by atoms with Gasteiger partial charge in [-0.05, 0) is 24.6 Å². The van der Waals surface area contributed by atoms with Gasteiger partial charge in [0.2, 0.25) is 0 Å². The first-order chi connectivity index (χ1) is 5.13. The summed E-state index contributed by atoms with van der Waals surface area (Å²) in [5.74, 6) is 0. The highest BCUT2D eigenvalue weighted by Gasteiger charge is 2.08. The third kappa shape index (κ3) is 2.30. The molecular formula is C8H7Br3. The molecule has 1 atom stereocenters. The zero-order chi connectivity index (χ0) is 8.43. The molecular weight excluding hydrogens is 336 g/mol. The minimum absolute atomic E-state index is 0.368. The zero-order valence-electron chi connectivity index (χ0n) is 5.94. The smallest absolute Gasteiger partial charge is 0.0389 e. The van der Waals surface area contributed by atoms with E-state index in [4.69, 9.17) is 0 Å². The molecule has 11 heavy (non-hydrogen) atoms. The van der Waals surface area contributed by atoms with E-state index >= 15 is 0 Å². The maximum Gasteiger partial charge on any atom is 0.0389 e. The molecule has 0 fully saturated rings. The minimum atomic E-state index is 0.368. The molecule has 0 aliphatic heterocycles. The molecule has 0 saturated carbocycles. The molecule has 0 N–H and O–H groups in total. The van der Waals surface area contributed by atoms with Crippen LogP contribution >= 0.6 is 47.8 Å². The van der Waals surface area contributed by atoms with Crippen LogP contribution in [-0.2, 0) is 0 Å². The summed E-state index contributed by atoms with van der Waals surface area (Å²) >= 11 is 10.5. The van der Waals surface area contributed by atoms with Crippen LogP contribution in [0.15, 0.2) is 27.1 Å². The van der Waals surface area contributed by atoms with Crippen LogP contribution in [0, 0.1) is 0 Å². The van der Waals surface area contributed by atoms with Gasteiger partial charge in [0.15, 0.2) is 0 Å². The third-order valence-electron chi connectivity index (χ3n) is 1.40. The molecule has 3 heteroatoms. The van der Waals surface area contributed by atoms with E-state index in [1.54, 1.807) is 0 Å². The molecule has 0 heterocycles. The van der Waals surface area contributed by atoms with Crippen LogP contribution in [0.3, 0.4) is 0 Å². The third-order valence-corrected chi connectivity index (χ3v) is 3.24. The predicted octanol–water partition coefficient (Wildman–Crippen LogP) is 4.67. The van der Waals surface area contributed by atoms with Crippen LogP contribution in [-0.4, -0.2) is 0 Å². The standard InChI is InChI=1S/C8H7Br3/c1-5(9)8-6(10)3-2-4-7(8)11/h2-5H,1H3. The highest BCUT2D eigenvalue weighted by atomic mass is 79.9. The van der Waals surface area contributed by atoms with Gasteiger partial charge in [-0.1, -0.05) is 53.9 Å². The Bertz CT molecular complexity index is 235. The van der Waals surface area contributed by atoms with Crippen molar-refractivity contribution in [2.24, 2.45) is 0 Å². The van der Waals surface area contributed by atoms with Gasteiger partial charge in [-0.15, -0.1) is 0 Å². The maximum absolute atomic E-state index is 3.52. The molecule has 0 aliphatic carbocycles. The van der Waals surface area contributed by atoms with Gasteiger partial charge in [0, 0.05) is 13.8 Å².